The first-order valence-electron chi connectivity index (χ1n) is 8.15. The molecule has 2 aliphatic heterocycles. The molecule has 112 valence electrons. The van der Waals surface area contributed by atoms with Crippen molar-refractivity contribution in [3.8, 4) is 0 Å². The van der Waals surface area contributed by atoms with Crippen LogP contribution in [-0.2, 0) is 13.0 Å². The van der Waals surface area contributed by atoms with Gasteiger partial charge in [0.1, 0.15) is 0 Å². The summed E-state index contributed by atoms with van der Waals surface area (Å²) in [6, 6.07) is 1.31. The molecule has 20 heavy (non-hydrogen) atoms. The van der Waals surface area contributed by atoms with Crippen LogP contribution in [-0.4, -0.2) is 40.2 Å². The first kappa shape index (κ1) is 14.0. The second kappa shape index (κ2) is 6.68. The Morgan fingerprint density at radius 2 is 2.25 bits per heavy atom. The summed E-state index contributed by atoms with van der Waals surface area (Å²) in [7, 11) is 0. The van der Waals surface area contributed by atoms with E-state index in [9.17, 15) is 0 Å². The zero-order valence-corrected chi connectivity index (χ0v) is 12.5. The highest BCUT2D eigenvalue weighted by molar-refractivity contribution is 4.93. The quantitative estimate of drug-likeness (QED) is 0.894. The predicted octanol–water partition coefficient (Wildman–Crippen LogP) is 2.13. The van der Waals surface area contributed by atoms with E-state index in [0.717, 1.165) is 37.6 Å². The van der Waals surface area contributed by atoms with Gasteiger partial charge >= 0.3 is 0 Å². The summed E-state index contributed by atoms with van der Waals surface area (Å²) in [6.07, 6.45) is 8.55. The number of aryl methyl sites for hydroxylation is 1. The lowest BCUT2D eigenvalue weighted by Gasteiger charge is -2.38. The van der Waals surface area contributed by atoms with Gasteiger partial charge in [0.05, 0.1) is 6.54 Å². The molecular weight excluding hydrogens is 252 g/mol. The first-order valence-corrected chi connectivity index (χ1v) is 8.15. The van der Waals surface area contributed by atoms with Crippen LogP contribution >= 0.6 is 0 Å². The largest absolute Gasteiger partial charge is 0.338 e. The second-order valence-electron chi connectivity index (χ2n) is 6.09. The number of nitrogens with zero attached hydrogens (tertiary/aromatic N) is 3. The minimum Gasteiger partial charge on any atom is -0.338 e. The standard InChI is InChI=1S/C15H26N4O/c1-2-6-14-17-15(20-18-14)11-19-10-4-3-8-13(19)12-7-5-9-16-12/h12-13,16H,2-11H2,1H3. The molecule has 3 heterocycles. The van der Waals surface area contributed by atoms with Crippen molar-refractivity contribution >= 4 is 0 Å². The van der Waals surface area contributed by atoms with Crippen molar-refractivity contribution in [3.63, 3.8) is 0 Å². The monoisotopic (exact) mass is 278 g/mol. The molecule has 2 aliphatic rings. The third-order valence-corrected chi connectivity index (χ3v) is 4.55. The zero-order valence-electron chi connectivity index (χ0n) is 12.5. The topological polar surface area (TPSA) is 54.2 Å². The molecule has 1 aromatic rings. The summed E-state index contributed by atoms with van der Waals surface area (Å²) >= 11 is 0. The lowest BCUT2D eigenvalue weighted by molar-refractivity contribution is 0.0993. The van der Waals surface area contributed by atoms with Crippen LogP contribution < -0.4 is 5.32 Å². The van der Waals surface area contributed by atoms with Crippen LogP contribution in [0.15, 0.2) is 4.52 Å². The van der Waals surface area contributed by atoms with Gasteiger partial charge in [0, 0.05) is 18.5 Å². The molecule has 1 aromatic heterocycles. The molecule has 1 N–H and O–H groups in total. The number of hydrogen-bond donors (Lipinski definition) is 1. The average Bonchev–Trinajstić information content (AvgIpc) is 3.12. The van der Waals surface area contributed by atoms with E-state index in [1.807, 2.05) is 0 Å². The van der Waals surface area contributed by atoms with Gasteiger partial charge in [-0.1, -0.05) is 18.5 Å². The Hall–Kier alpha value is -0.940. The van der Waals surface area contributed by atoms with Crippen LogP contribution in [0.2, 0.25) is 0 Å². The van der Waals surface area contributed by atoms with E-state index in [2.05, 4.69) is 27.3 Å². The molecule has 0 saturated carbocycles. The van der Waals surface area contributed by atoms with E-state index < -0.39 is 0 Å². The fraction of sp³-hybridized carbons (Fsp3) is 0.867. The Balaban J connectivity index is 1.63. The third-order valence-electron chi connectivity index (χ3n) is 4.55. The van der Waals surface area contributed by atoms with Gasteiger partial charge in [0.2, 0.25) is 5.89 Å². The molecule has 0 spiro atoms. The van der Waals surface area contributed by atoms with Gasteiger partial charge in [-0.15, -0.1) is 0 Å². The van der Waals surface area contributed by atoms with Crippen LogP contribution in [0.5, 0.6) is 0 Å². The maximum Gasteiger partial charge on any atom is 0.240 e. The molecule has 0 bridgehead atoms. The van der Waals surface area contributed by atoms with Gasteiger partial charge in [0.25, 0.3) is 0 Å². The molecule has 5 heteroatoms. The Bertz CT molecular complexity index is 414. The van der Waals surface area contributed by atoms with Crippen LogP contribution in [0.3, 0.4) is 0 Å². The van der Waals surface area contributed by atoms with Gasteiger partial charge in [0.15, 0.2) is 5.82 Å². The number of hydrogen-bond acceptors (Lipinski definition) is 5. The summed E-state index contributed by atoms with van der Waals surface area (Å²) < 4.78 is 5.41. The van der Waals surface area contributed by atoms with Gasteiger partial charge < -0.3 is 9.84 Å². The van der Waals surface area contributed by atoms with Gasteiger partial charge in [-0.2, -0.15) is 4.98 Å². The van der Waals surface area contributed by atoms with Crippen molar-refractivity contribution < 1.29 is 4.52 Å². The van der Waals surface area contributed by atoms with Crippen LogP contribution in [0, 0.1) is 0 Å². The van der Waals surface area contributed by atoms with Crippen LogP contribution in [0.4, 0.5) is 0 Å². The van der Waals surface area contributed by atoms with Crippen molar-refractivity contribution in [1.29, 1.82) is 0 Å². The highest BCUT2D eigenvalue weighted by Crippen LogP contribution is 2.25. The molecule has 0 amide bonds. The highest BCUT2D eigenvalue weighted by atomic mass is 16.5. The van der Waals surface area contributed by atoms with Crippen LogP contribution in [0.1, 0.15) is 57.2 Å². The number of likely N-dealkylation sites (tertiary alicyclic amines) is 1. The van der Waals surface area contributed by atoms with E-state index in [1.165, 1.54) is 38.6 Å². The van der Waals surface area contributed by atoms with Crippen molar-refractivity contribution in [2.45, 2.75) is 70.5 Å². The van der Waals surface area contributed by atoms with E-state index in [0.29, 0.717) is 12.1 Å². The minimum absolute atomic E-state index is 0.646. The zero-order chi connectivity index (χ0) is 13.8. The molecule has 0 aromatic carbocycles. The van der Waals surface area contributed by atoms with E-state index >= 15 is 0 Å². The Labute approximate surface area is 121 Å². The van der Waals surface area contributed by atoms with Crippen LogP contribution in [0.25, 0.3) is 0 Å². The third kappa shape index (κ3) is 3.20. The van der Waals surface area contributed by atoms with Crippen molar-refractivity contribution in [2.75, 3.05) is 13.1 Å². The average molecular weight is 278 g/mol. The molecule has 2 saturated heterocycles. The van der Waals surface area contributed by atoms with Crippen molar-refractivity contribution in [3.05, 3.63) is 11.7 Å². The molecule has 2 unspecified atom stereocenters. The molecule has 3 rings (SSSR count). The number of aromatic nitrogens is 2. The lowest BCUT2D eigenvalue weighted by Crippen LogP contribution is -2.49. The van der Waals surface area contributed by atoms with Gasteiger partial charge in [-0.25, -0.2) is 0 Å². The molecule has 0 radical (unpaired) electrons. The lowest BCUT2D eigenvalue weighted by atomic mass is 9.94. The maximum absolute atomic E-state index is 5.41. The molecular formula is C15H26N4O. The number of rotatable bonds is 5. The molecule has 2 atom stereocenters. The maximum atomic E-state index is 5.41. The summed E-state index contributed by atoms with van der Waals surface area (Å²) in [5, 5.41) is 7.72. The smallest absolute Gasteiger partial charge is 0.240 e. The van der Waals surface area contributed by atoms with E-state index in [-0.39, 0.29) is 0 Å². The van der Waals surface area contributed by atoms with E-state index in [1.54, 1.807) is 0 Å². The first-order chi connectivity index (χ1) is 9.86. The number of nitrogens with one attached hydrogen (secondary N) is 1. The Morgan fingerprint density at radius 3 is 3.05 bits per heavy atom. The Morgan fingerprint density at radius 1 is 1.30 bits per heavy atom. The second-order valence-corrected chi connectivity index (χ2v) is 6.09. The molecule has 0 aliphatic carbocycles. The minimum atomic E-state index is 0.646. The molecule has 2 fully saturated rings. The van der Waals surface area contributed by atoms with Gasteiger partial charge in [-0.3, -0.25) is 4.90 Å². The summed E-state index contributed by atoms with van der Waals surface area (Å²) in [4.78, 5) is 7.07. The van der Waals surface area contributed by atoms with Gasteiger partial charge in [-0.05, 0) is 45.2 Å². The predicted molar refractivity (Wildman–Crippen MR) is 77.4 cm³/mol. The summed E-state index contributed by atoms with van der Waals surface area (Å²) in [5.74, 6) is 1.65. The summed E-state index contributed by atoms with van der Waals surface area (Å²) in [6.45, 7) is 5.30. The SMILES string of the molecule is CCCc1noc(CN2CCCCC2C2CCCN2)n1. The summed E-state index contributed by atoms with van der Waals surface area (Å²) in [5.41, 5.74) is 0. The highest BCUT2D eigenvalue weighted by Gasteiger charge is 2.32. The number of piperidine rings is 1. The normalized spacial score (nSPS) is 28.1. The Kier molecular flexibility index (Phi) is 4.68. The van der Waals surface area contributed by atoms with Crippen molar-refractivity contribution in [1.82, 2.24) is 20.4 Å². The fourth-order valence-electron chi connectivity index (χ4n) is 3.56. The van der Waals surface area contributed by atoms with E-state index in [4.69, 9.17) is 4.52 Å². The molecule has 5 nitrogen and oxygen atoms in total. The fourth-order valence-corrected chi connectivity index (χ4v) is 3.56. The van der Waals surface area contributed by atoms with Crippen molar-refractivity contribution in [2.24, 2.45) is 0 Å².